The molecular formula is C24H38N2O2. The van der Waals surface area contributed by atoms with E-state index in [0.29, 0.717) is 35.1 Å². The van der Waals surface area contributed by atoms with Gasteiger partial charge in [0.05, 0.1) is 6.10 Å². The number of hydrogen-bond acceptors (Lipinski definition) is 4. The molecule has 4 aliphatic carbocycles. The molecule has 4 heteroatoms. The van der Waals surface area contributed by atoms with Gasteiger partial charge in [0.2, 0.25) is 0 Å². The number of ketones is 1. The first kappa shape index (κ1) is 19.1. The van der Waals surface area contributed by atoms with Crippen molar-refractivity contribution < 1.29 is 9.63 Å². The fourth-order valence-corrected chi connectivity index (χ4v) is 8.06. The Morgan fingerprint density at radius 2 is 2.00 bits per heavy atom. The zero-order valence-electron chi connectivity index (χ0n) is 17.9. The van der Waals surface area contributed by atoms with Gasteiger partial charge in [-0.05, 0) is 86.5 Å². The van der Waals surface area contributed by atoms with Crippen molar-refractivity contribution in [1.29, 1.82) is 0 Å². The molecule has 5 aliphatic rings. The second kappa shape index (κ2) is 6.84. The Balaban J connectivity index is 1.35. The maximum Gasteiger partial charge on any atom is 0.139 e. The highest BCUT2D eigenvalue weighted by Crippen LogP contribution is 2.66. The third kappa shape index (κ3) is 2.81. The second-order valence-electron chi connectivity index (χ2n) is 11.1. The molecule has 5 rings (SSSR count). The summed E-state index contributed by atoms with van der Waals surface area (Å²) in [4.78, 5) is 18.6. The van der Waals surface area contributed by atoms with Crippen LogP contribution in [0.1, 0.15) is 72.1 Å². The molecule has 156 valence electrons. The fraction of sp³-hybridized carbons (Fsp3) is 0.875. The Kier molecular flexibility index (Phi) is 4.67. The molecule has 0 radical (unpaired) electrons. The maximum atomic E-state index is 12.6. The third-order valence-electron chi connectivity index (χ3n) is 9.70. The van der Waals surface area contributed by atoms with Crippen LogP contribution >= 0.6 is 0 Å². The van der Waals surface area contributed by atoms with Gasteiger partial charge in [0.15, 0.2) is 0 Å². The van der Waals surface area contributed by atoms with Crippen LogP contribution in [0, 0.1) is 40.4 Å². The Hall–Kier alpha value is -0.870. The van der Waals surface area contributed by atoms with E-state index < -0.39 is 0 Å². The van der Waals surface area contributed by atoms with E-state index in [0.717, 1.165) is 57.0 Å². The normalized spacial score (nSPS) is 50.5. The second-order valence-corrected chi connectivity index (χ2v) is 11.1. The van der Waals surface area contributed by atoms with Gasteiger partial charge in [-0.15, -0.1) is 0 Å². The quantitative estimate of drug-likeness (QED) is 0.713. The molecule has 2 N–H and O–H groups in total. The molecule has 4 nitrogen and oxygen atoms in total. The van der Waals surface area contributed by atoms with Crippen LogP contribution in [0.25, 0.3) is 0 Å². The number of hydrogen-bond donors (Lipinski definition) is 2. The largest absolute Gasteiger partial charge is 0.314 e. The molecule has 28 heavy (non-hydrogen) atoms. The molecule has 0 bridgehead atoms. The van der Waals surface area contributed by atoms with Gasteiger partial charge in [-0.2, -0.15) is 0 Å². The minimum atomic E-state index is -0.00946. The molecule has 0 aromatic carbocycles. The van der Waals surface area contributed by atoms with E-state index in [-0.39, 0.29) is 5.41 Å². The molecule has 0 amide bonds. The van der Waals surface area contributed by atoms with Crippen LogP contribution in [0.3, 0.4) is 0 Å². The van der Waals surface area contributed by atoms with Gasteiger partial charge in [0, 0.05) is 24.1 Å². The predicted octanol–water partition coefficient (Wildman–Crippen LogP) is 4.22. The number of hydroxylamine groups is 1. The Labute approximate surface area is 170 Å². The number of allylic oxidation sites excluding steroid dienone is 2. The number of rotatable bonds is 3. The van der Waals surface area contributed by atoms with Gasteiger partial charge in [-0.25, -0.2) is 0 Å². The van der Waals surface area contributed by atoms with Crippen molar-refractivity contribution >= 4 is 5.78 Å². The summed E-state index contributed by atoms with van der Waals surface area (Å²) in [5.74, 6) is 4.07. The molecule has 4 fully saturated rings. The lowest BCUT2D eigenvalue weighted by Gasteiger charge is -2.60. The first-order valence-corrected chi connectivity index (χ1v) is 11.8. The number of nitrogens with one attached hydrogen (secondary N) is 2. The number of carbonyl (C=O) groups excluding carboxylic acids is 1. The average Bonchev–Trinajstić information content (AvgIpc) is 3.29. The zero-order valence-corrected chi connectivity index (χ0v) is 17.9. The molecule has 0 aromatic heterocycles. The van der Waals surface area contributed by atoms with E-state index in [1.54, 1.807) is 0 Å². The summed E-state index contributed by atoms with van der Waals surface area (Å²) in [6.07, 6.45) is 11.9. The first-order valence-electron chi connectivity index (χ1n) is 11.8. The third-order valence-corrected chi connectivity index (χ3v) is 9.70. The van der Waals surface area contributed by atoms with Gasteiger partial charge >= 0.3 is 0 Å². The van der Waals surface area contributed by atoms with E-state index in [1.165, 1.54) is 25.0 Å². The predicted molar refractivity (Wildman–Crippen MR) is 110 cm³/mol. The van der Waals surface area contributed by atoms with Gasteiger partial charge in [0.25, 0.3) is 0 Å². The van der Waals surface area contributed by atoms with Crippen molar-refractivity contribution in [2.45, 2.75) is 78.2 Å². The molecule has 1 heterocycles. The van der Waals surface area contributed by atoms with Crippen LogP contribution < -0.4 is 10.8 Å². The Morgan fingerprint density at radius 1 is 1.14 bits per heavy atom. The van der Waals surface area contributed by atoms with E-state index in [9.17, 15) is 4.79 Å². The average molecular weight is 387 g/mol. The summed E-state index contributed by atoms with van der Waals surface area (Å²) in [6.45, 7) is 9.35. The summed E-state index contributed by atoms with van der Waals surface area (Å²) in [7, 11) is 0. The van der Waals surface area contributed by atoms with Crippen molar-refractivity contribution in [2.75, 3.05) is 13.1 Å². The molecule has 0 aromatic rings. The number of fused-ring (bicyclic) bond motifs is 5. The van der Waals surface area contributed by atoms with Crippen LogP contribution in [-0.2, 0) is 9.63 Å². The lowest BCUT2D eigenvalue weighted by Crippen LogP contribution is -2.55. The maximum absolute atomic E-state index is 12.6. The Morgan fingerprint density at radius 3 is 2.79 bits per heavy atom. The lowest BCUT2D eigenvalue weighted by molar-refractivity contribution is -0.139. The zero-order chi connectivity index (χ0) is 19.5. The summed E-state index contributed by atoms with van der Waals surface area (Å²) in [5, 5.41) is 3.37. The topological polar surface area (TPSA) is 50.4 Å². The van der Waals surface area contributed by atoms with Crippen LogP contribution in [0.15, 0.2) is 11.8 Å². The first-order chi connectivity index (χ1) is 13.4. The highest BCUT2D eigenvalue weighted by atomic mass is 16.7. The molecule has 3 unspecified atom stereocenters. The molecule has 1 saturated heterocycles. The fourth-order valence-electron chi connectivity index (χ4n) is 8.06. The van der Waals surface area contributed by atoms with Gasteiger partial charge in [-0.1, -0.05) is 26.8 Å². The minimum Gasteiger partial charge on any atom is -0.314 e. The summed E-state index contributed by atoms with van der Waals surface area (Å²) < 4.78 is 0. The number of Topliss-reactive ketones (excluding diaryl/α,β-unsaturated/α-hetero) is 1. The Bertz CT molecular complexity index is 670. The molecule has 8 atom stereocenters. The highest BCUT2D eigenvalue weighted by molar-refractivity contribution is 5.87. The smallest absolute Gasteiger partial charge is 0.139 e. The molecule has 3 saturated carbocycles. The van der Waals surface area contributed by atoms with Gasteiger partial charge in [0.1, 0.15) is 5.78 Å². The van der Waals surface area contributed by atoms with Gasteiger partial charge < -0.3 is 5.32 Å². The van der Waals surface area contributed by atoms with Crippen molar-refractivity contribution in [3.8, 4) is 0 Å². The van der Waals surface area contributed by atoms with E-state index in [4.69, 9.17) is 4.84 Å². The number of carbonyl (C=O) groups is 1. The van der Waals surface area contributed by atoms with Crippen LogP contribution in [-0.4, -0.2) is 25.0 Å². The van der Waals surface area contributed by atoms with Crippen LogP contribution in [0.5, 0.6) is 0 Å². The molecule has 1 aliphatic heterocycles. The van der Waals surface area contributed by atoms with Gasteiger partial charge in [-0.3, -0.25) is 15.1 Å². The SMILES string of the molecule is CC1C[C@@H]2[C@@H](CC[C@]3(C)C(=O)CC[C@@H]23)[C@@]2(C)CCC(NOC3CCNC3)=CC12. The highest BCUT2D eigenvalue weighted by Gasteiger charge is 2.60. The summed E-state index contributed by atoms with van der Waals surface area (Å²) in [5.41, 5.74) is 5.01. The van der Waals surface area contributed by atoms with E-state index in [1.807, 2.05) is 0 Å². The van der Waals surface area contributed by atoms with Crippen molar-refractivity contribution in [3.05, 3.63) is 11.8 Å². The van der Waals surface area contributed by atoms with Crippen LogP contribution in [0.4, 0.5) is 0 Å². The summed E-state index contributed by atoms with van der Waals surface area (Å²) in [6, 6.07) is 0. The molecular weight excluding hydrogens is 348 g/mol. The standard InChI is InChI=1S/C24H38N2O2/c1-15-12-18-19-4-5-22(27)24(19,3)10-7-20(18)23(2)9-6-16(13-21(15)23)26-28-17-8-11-25-14-17/h13,15,17-21,25-26H,4-12,14H2,1-3H3/t15?,17?,18-,19-,20+,21?,23+,24-/m0/s1. The summed E-state index contributed by atoms with van der Waals surface area (Å²) >= 11 is 0. The van der Waals surface area contributed by atoms with Crippen molar-refractivity contribution in [3.63, 3.8) is 0 Å². The van der Waals surface area contributed by atoms with E-state index >= 15 is 0 Å². The van der Waals surface area contributed by atoms with Crippen molar-refractivity contribution in [1.82, 2.24) is 10.8 Å². The monoisotopic (exact) mass is 386 g/mol. The van der Waals surface area contributed by atoms with Crippen molar-refractivity contribution in [2.24, 2.45) is 40.4 Å². The minimum absolute atomic E-state index is 0.00946. The molecule has 0 spiro atoms. The van der Waals surface area contributed by atoms with Crippen LogP contribution in [0.2, 0.25) is 0 Å². The lowest BCUT2D eigenvalue weighted by atomic mass is 9.44. The van der Waals surface area contributed by atoms with E-state index in [2.05, 4.69) is 37.6 Å².